The summed E-state index contributed by atoms with van der Waals surface area (Å²) in [5.41, 5.74) is 0.253. The molecule has 0 aliphatic heterocycles. The van der Waals surface area contributed by atoms with E-state index in [1.165, 1.54) is 0 Å². The zero-order valence-corrected chi connectivity index (χ0v) is 18.4. The van der Waals surface area contributed by atoms with E-state index in [1.807, 2.05) is 30.3 Å². The Morgan fingerprint density at radius 1 is 1.19 bits per heavy atom. The number of benzene rings is 1. The molecule has 0 radical (unpaired) electrons. The van der Waals surface area contributed by atoms with E-state index in [2.05, 4.69) is 0 Å². The number of carbonyl (C=O) groups is 2. The smallest absolute Gasteiger partial charge is 0.429 e. The molecule has 0 amide bonds. The Kier molecular flexibility index (Phi) is 7.03. The molecule has 3 rings (SSSR count). The number of esters is 1. The molecule has 1 fully saturated rings. The van der Waals surface area contributed by atoms with Crippen molar-refractivity contribution in [3.8, 4) is 5.95 Å². The van der Waals surface area contributed by atoms with Crippen molar-refractivity contribution in [3.63, 3.8) is 0 Å². The highest BCUT2D eigenvalue weighted by Crippen LogP contribution is 2.33. The Morgan fingerprint density at radius 2 is 1.84 bits per heavy atom. The number of nitrogens with zero attached hydrogens (tertiary/aromatic N) is 1. The third-order valence-electron chi connectivity index (χ3n) is 5.59. The van der Waals surface area contributed by atoms with Gasteiger partial charge in [0.05, 0.1) is 6.42 Å². The molecule has 0 unspecified atom stereocenters. The topological polar surface area (TPSA) is 98.7 Å². The number of oxazole rings is 1. The Bertz CT molecular complexity index is 960. The van der Waals surface area contributed by atoms with Gasteiger partial charge in [0, 0.05) is 12.3 Å². The quantitative estimate of drug-likeness (QED) is 0.659. The minimum absolute atomic E-state index is 0.0989. The van der Waals surface area contributed by atoms with E-state index in [9.17, 15) is 19.5 Å². The van der Waals surface area contributed by atoms with Crippen molar-refractivity contribution in [3.05, 3.63) is 52.1 Å². The first kappa shape index (κ1) is 22.8. The van der Waals surface area contributed by atoms with E-state index in [4.69, 9.17) is 9.15 Å². The fourth-order valence-electron chi connectivity index (χ4n) is 4.25. The highest BCUT2D eigenvalue weighted by atomic mass is 16.6. The summed E-state index contributed by atoms with van der Waals surface area (Å²) < 4.78 is 11.2. The number of aromatic hydroxyl groups is 1. The number of hydrogen-bond donors (Lipinski definition) is 1. The van der Waals surface area contributed by atoms with Crippen molar-refractivity contribution >= 4 is 11.9 Å². The molecule has 1 atom stereocenters. The molecule has 168 valence electrons. The highest BCUT2D eigenvalue weighted by Gasteiger charge is 2.33. The zero-order chi connectivity index (χ0) is 22.6. The van der Waals surface area contributed by atoms with Crippen molar-refractivity contribution in [2.75, 3.05) is 0 Å². The van der Waals surface area contributed by atoms with E-state index in [-0.39, 0.29) is 18.5 Å². The van der Waals surface area contributed by atoms with Gasteiger partial charge in [-0.25, -0.2) is 9.36 Å². The van der Waals surface area contributed by atoms with Crippen LogP contribution in [0.2, 0.25) is 0 Å². The van der Waals surface area contributed by atoms with Gasteiger partial charge in [0.25, 0.3) is 0 Å². The lowest BCUT2D eigenvalue weighted by atomic mass is 9.90. The van der Waals surface area contributed by atoms with Gasteiger partial charge in [0.15, 0.2) is 0 Å². The number of ether oxygens (including phenoxy) is 1. The van der Waals surface area contributed by atoms with Crippen LogP contribution in [-0.2, 0) is 16.0 Å². The monoisotopic (exact) mass is 429 g/mol. The molecular weight excluding hydrogens is 398 g/mol. The minimum atomic E-state index is -0.936. The van der Waals surface area contributed by atoms with Crippen LogP contribution in [0.4, 0.5) is 0 Å². The molecule has 7 heteroatoms. The van der Waals surface area contributed by atoms with Crippen LogP contribution in [0.1, 0.15) is 75.3 Å². The molecule has 1 aliphatic carbocycles. The SMILES string of the molecule is CC(C)(C)OC(=O)C[C@@H](CC1CCCC1)C(=O)n1c(Cc2ccccc2)c(O)oc1=O. The van der Waals surface area contributed by atoms with Gasteiger partial charge in [0.1, 0.15) is 11.3 Å². The van der Waals surface area contributed by atoms with Crippen molar-refractivity contribution in [2.24, 2.45) is 11.8 Å². The second-order valence-electron chi connectivity index (χ2n) is 9.33. The Morgan fingerprint density at radius 3 is 2.45 bits per heavy atom. The van der Waals surface area contributed by atoms with Gasteiger partial charge in [-0.3, -0.25) is 9.59 Å². The van der Waals surface area contributed by atoms with Gasteiger partial charge in [-0.05, 0) is 38.7 Å². The van der Waals surface area contributed by atoms with Gasteiger partial charge in [-0.1, -0.05) is 56.0 Å². The molecule has 7 nitrogen and oxygen atoms in total. The highest BCUT2D eigenvalue weighted by molar-refractivity contribution is 5.86. The standard InChI is InChI=1S/C24H31NO6/c1-24(2,3)31-20(26)15-18(13-16-11-7-8-12-16)21(27)25-19(22(28)30-23(25)29)14-17-9-5-4-6-10-17/h4-6,9-10,16,18,28H,7-8,11-15H2,1-3H3/t18-/m1/s1. The number of carbonyl (C=O) groups excluding carboxylic acids is 2. The average Bonchev–Trinajstić information content (AvgIpc) is 3.28. The molecule has 0 spiro atoms. The lowest BCUT2D eigenvalue weighted by Gasteiger charge is -2.23. The van der Waals surface area contributed by atoms with Gasteiger partial charge < -0.3 is 14.3 Å². The molecule has 0 bridgehead atoms. The maximum atomic E-state index is 13.5. The van der Waals surface area contributed by atoms with E-state index >= 15 is 0 Å². The molecule has 2 aromatic rings. The molecule has 1 aromatic heterocycles. The lowest BCUT2D eigenvalue weighted by Crippen LogP contribution is -2.34. The van der Waals surface area contributed by atoms with Crippen LogP contribution in [0.5, 0.6) is 5.95 Å². The Labute approximate surface area is 182 Å². The van der Waals surface area contributed by atoms with Crippen LogP contribution in [0, 0.1) is 11.8 Å². The largest absolute Gasteiger partial charge is 0.479 e. The summed E-state index contributed by atoms with van der Waals surface area (Å²) in [4.78, 5) is 38.4. The summed E-state index contributed by atoms with van der Waals surface area (Å²) in [6.45, 7) is 5.32. The van der Waals surface area contributed by atoms with Gasteiger partial charge in [0.2, 0.25) is 5.91 Å². The molecule has 0 saturated heterocycles. The summed E-state index contributed by atoms with van der Waals surface area (Å²) in [7, 11) is 0. The number of hydrogen-bond acceptors (Lipinski definition) is 6. The second-order valence-corrected chi connectivity index (χ2v) is 9.33. The molecule has 1 aromatic carbocycles. The first-order chi connectivity index (χ1) is 14.6. The van der Waals surface area contributed by atoms with Crippen molar-refractivity contribution in [1.29, 1.82) is 0 Å². The Hall–Kier alpha value is -2.83. The van der Waals surface area contributed by atoms with Crippen LogP contribution in [-0.4, -0.2) is 27.2 Å². The molecule has 1 aliphatic rings. The summed E-state index contributed by atoms with van der Waals surface area (Å²) in [5.74, 6) is -2.91. The van der Waals surface area contributed by atoms with E-state index in [0.717, 1.165) is 35.8 Å². The van der Waals surface area contributed by atoms with E-state index in [0.29, 0.717) is 12.3 Å². The maximum absolute atomic E-state index is 13.5. The fourth-order valence-corrected chi connectivity index (χ4v) is 4.25. The normalized spacial score (nSPS) is 15.7. The molecule has 1 N–H and O–H groups in total. The average molecular weight is 430 g/mol. The van der Waals surface area contributed by atoms with Crippen LogP contribution in [0.15, 0.2) is 39.5 Å². The van der Waals surface area contributed by atoms with Gasteiger partial charge in [-0.15, -0.1) is 0 Å². The van der Waals surface area contributed by atoms with Crippen molar-refractivity contribution in [1.82, 2.24) is 4.57 Å². The van der Waals surface area contributed by atoms with E-state index in [1.54, 1.807) is 20.8 Å². The summed E-state index contributed by atoms with van der Waals surface area (Å²) in [6, 6.07) is 9.20. The molecule has 1 saturated carbocycles. The first-order valence-corrected chi connectivity index (χ1v) is 10.9. The first-order valence-electron chi connectivity index (χ1n) is 10.9. The molecular formula is C24H31NO6. The summed E-state index contributed by atoms with van der Waals surface area (Å²) in [5, 5.41) is 10.2. The third kappa shape index (κ3) is 6.09. The summed E-state index contributed by atoms with van der Waals surface area (Å²) in [6.07, 6.45) is 4.75. The van der Waals surface area contributed by atoms with Crippen LogP contribution in [0.25, 0.3) is 0 Å². The minimum Gasteiger partial charge on any atom is -0.479 e. The maximum Gasteiger partial charge on any atom is 0.429 e. The lowest BCUT2D eigenvalue weighted by molar-refractivity contribution is -0.155. The molecule has 31 heavy (non-hydrogen) atoms. The number of aromatic nitrogens is 1. The van der Waals surface area contributed by atoms with Gasteiger partial charge in [-0.2, -0.15) is 0 Å². The Balaban J connectivity index is 1.89. The predicted molar refractivity (Wildman–Crippen MR) is 115 cm³/mol. The van der Waals surface area contributed by atoms with Crippen LogP contribution in [0.3, 0.4) is 0 Å². The fraction of sp³-hybridized carbons (Fsp3) is 0.542. The third-order valence-corrected chi connectivity index (χ3v) is 5.59. The van der Waals surface area contributed by atoms with Crippen molar-refractivity contribution in [2.45, 2.75) is 71.3 Å². The summed E-state index contributed by atoms with van der Waals surface area (Å²) >= 11 is 0. The second kappa shape index (κ2) is 9.54. The van der Waals surface area contributed by atoms with Crippen molar-refractivity contribution < 1.29 is 23.8 Å². The van der Waals surface area contributed by atoms with Crippen LogP contribution < -0.4 is 5.76 Å². The van der Waals surface area contributed by atoms with Crippen LogP contribution >= 0.6 is 0 Å². The van der Waals surface area contributed by atoms with E-state index < -0.39 is 35.1 Å². The predicted octanol–water partition coefficient (Wildman–Crippen LogP) is 4.31. The zero-order valence-electron chi connectivity index (χ0n) is 18.4. The van der Waals surface area contributed by atoms with Gasteiger partial charge >= 0.3 is 17.7 Å². The number of rotatable bonds is 7. The molecule has 1 heterocycles.